The highest BCUT2D eigenvalue weighted by molar-refractivity contribution is 5.93. The molecule has 2 saturated heterocycles. The molecule has 1 aliphatic carbocycles. The second kappa shape index (κ2) is 9.92. The highest BCUT2D eigenvalue weighted by atomic mass is 19.1. The van der Waals surface area contributed by atoms with E-state index in [0.717, 1.165) is 18.9 Å². The molecule has 1 saturated carbocycles. The number of halogens is 2. The summed E-state index contributed by atoms with van der Waals surface area (Å²) >= 11 is 0. The molecule has 2 aromatic carbocycles. The first-order valence-electron chi connectivity index (χ1n) is 13.6. The van der Waals surface area contributed by atoms with Gasteiger partial charge in [0, 0.05) is 36.4 Å². The summed E-state index contributed by atoms with van der Waals surface area (Å²) in [4.78, 5) is 28.0. The number of carboxylic acids is 1. The Morgan fingerprint density at radius 1 is 1.10 bits per heavy atom. The number of pyridine rings is 1. The van der Waals surface area contributed by atoms with E-state index in [2.05, 4.69) is 6.58 Å². The predicted molar refractivity (Wildman–Crippen MR) is 147 cm³/mol. The predicted octanol–water partition coefficient (Wildman–Crippen LogP) is 4.58. The number of carboxylic acid groups (broad SMARTS) is 1. The minimum absolute atomic E-state index is 0.0520. The quantitative estimate of drug-likeness (QED) is 0.444. The molecule has 1 aromatic heterocycles. The molecule has 6 rings (SSSR count). The van der Waals surface area contributed by atoms with Gasteiger partial charge in [-0.2, -0.15) is 0 Å². The fraction of sp³-hybridized carbons (Fsp3) is 0.400. The molecule has 3 aliphatic rings. The van der Waals surface area contributed by atoms with Gasteiger partial charge in [-0.15, -0.1) is 0 Å². The first-order chi connectivity index (χ1) is 19.1. The number of benzene rings is 2. The number of piperidine rings is 1. The van der Waals surface area contributed by atoms with Crippen LogP contribution in [0.15, 0.2) is 53.8 Å². The van der Waals surface area contributed by atoms with Crippen LogP contribution in [0.2, 0.25) is 0 Å². The van der Waals surface area contributed by atoms with Gasteiger partial charge in [0.1, 0.15) is 23.8 Å². The first-order valence-corrected chi connectivity index (χ1v) is 13.6. The number of fused-ring (bicyclic) bond motifs is 1. The summed E-state index contributed by atoms with van der Waals surface area (Å²) in [5.41, 5.74) is -0.0474. The van der Waals surface area contributed by atoms with Crippen LogP contribution in [-0.2, 0) is 11.2 Å². The van der Waals surface area contributed by atoms with Crippen LogP contribution in [0.5, 0.6) is 0 Å². The van der Waals surface area contributed by atoms with Crippen LogP contribution in [0.25, 0.3) is 10.9 Å². The van der Waals surface area contributed by atoms with Crippen LogP contribution in [0.1, 0.15) is 54.1 Å². The number of aryl methyl sites for hydroxylation is 1. The van der Waals surface area contributed by atoms with Crippen molar-refractivity contribution in [1.82, 2.24) is 4.57 Å². The minimum atomic E-state index is -1.33. The monoisotopic (exact) mass is 551 g/mol. The maximum Gasteiger partial charge on any atom is 0.341 e. The maximum atomic E-state index is 15.3. The number of hydrogen-bond donors (Lipinski definition) is 2. The summed E-state index contributed by atoms with van der Waals surface area (Å²) in [5, 5.41) is 20.8. The number of anilines is 2. The highest BCUT2D eigenvalue weighted by Crippen LogP contribution is 2.39. The van der Waals surface area contributed by atoms with Gasteiger partial charge in [-0.25, -0.2) is 13.6 Å². The second-order valence-electron chi connectivity index (χ2n) is 11.0. The summed E-state index contributed by atoms with van der Waals surface area (Å²) in [5.74, 6) is -1.78. The number of hydrogen-bond acceptors (Lipinski definition) is 6. The van der Waals surface area contributed by atoms with E-state index in [1.165, 1.54) is 12.3 Å². The van der Waals surface area contributed by atoms with E-state index < -0.39 is 22.8 Å². The molecule has 2 N–H and O–H groups in total. The molecular formula is C30H31F2N3O5. The lowest BCUT2D eigenvalue weighted by molar-refractivity contribution is 0.00804. The van der Waals surface area contributed by atoms with Crippen LogP contribution < -0.4 is 15.2 Å². The lowest BCUT2D eigenvalue weighted by Crippen LogP contribution is -2.45. The Balaban J connectivity index is 1.16. The number of aromatic nitrogens is 1. The fourth-order valence-electron chi connectivity index (χ4n) is 5.83. The van der Waals surface area contributed by atoms with Crippen molar-refractivity contribution in [2.45, 2.75) is 50.2 Å². The lowest BCUT2D eigenvalue weighted by Gasteiger charge is -2.39. The van der Waals surface area contributed by atoms with E-state index in [4.69, 9.17) is 4.74 Å². The third kappa shape index (κ3) is 4.81. The molecule has 3 heterocycles. The number of aliphatic hydroxyl groups is 1. The topological polar surface area (TPSA) is 95.2 Å². The number of ether oxygens (including phenoxy) is 1. The smallest absolute Gasteiger partial charge is 0.341 e. The molecule has 0 unspecified atom stereocenters. The average molecular weight is 552 g/mol. The standard InChI is InChI=1S/C30H31F2N3O5/c1-18-34(12-13-40-18)21-3-2-19(24(31)14-21)6-7-30(39)8-10-33(11-9-30)27-16-26-22(15-25(27)32)28(36)23(29(37)38)17-35(26)20-4-5-20/h2-3,14-17,20,39H,1,4-13H2,(H,37,38). The molecular weight excluding hydrogens is 520 g/mol. The Labute approximate surface area is 229 Å². The van der Waals surface area contributed by atoms with E-state index in [1.54, 1.807) is 16.7 Å². The van der Waals surface area contributed by atoms with Crippen molar-refractivity contribution in [3.05, 3.63) is 82.0 Å². The molecule has 0 radical (unpaired) electrons. The summed E-state index contributed by atoms with van der Waals surface area (Å²) in [6.07, 6.45) is 4.59. The normalized spacial score (nSPS) is 18.8. The first kappa shape index (κ1) is 26.3. The molecule has 210 valence electrons. The van der Waals surface area contributed by atoms with Crippen molar-refractivity contribution >= 4 is 28.2 Å². The summed E-state index contributed by atoms with van der Waals surface area (Å²) < 4.78 is 37.3. The molecule has 0 spiro atoms. The van der Waals surface area contributed by atoms with Crippen LogP contribution in [0, 0.1) is 11.6 Å². The highest BCUT2D eigenvalue weighted by Gasteiger charge is 2.34. The van der Waals surface area contributed by atoms with Gasteiger partial charge >= 0.3 is 5.97 Å². The van der Waals surface area contributed by atoms with Crippen LogP contribution in [0.3, 0.4) is 0 Å². The zero-order valence-corrected chi connectivity index (χ0v) is 22.0. The number of carbonyl (C=O) groups is 1. The zero-order valence-electron chi connectivity index (χ0n) is 22.0. The molecule has 40 heavy (non-hydrogen) atoms. The van der Waals surface area contributed by atoms with E-state index in [9.17, 15) is 24.2 Å². The average Bonchev–Trinajstić information content (AvgIpc) is 3.68. The largest absolute Gasteiger partial charge is 0.477 e. The summed E-state index contributed by atoms with van der Waals surface area (Å²) in [7, 11) is 0. The van der Waals surface area contributed by atoms with Gasteiger partial charge in [0.05, 0.1) is 23.3 Å². The minimum Gasteiger partial charge on any atom is -0.477 e. The van der Waals surface area contributed by atoms with Gasteiger partial charge in [-0.1, -0.05) is 6.07 Å². The van der Waals surface area contributed by atoms with Crippen molar-refractivity contribution in [3.8, 4) is 0 Å². The molecule has 10 heteroatoms. The van der Waals surface area contributed by atoms with E-state index in [1.807, 2.05) is 15.9 Å². The Hall–Kier alpha value is -3.92. The van der Waals surface area contributed by atoms with Gasteiger partial charge < -0.3 is 29.3 Å². The van der Waals surface area contributed by atoms with E-state index >= 15 is 4.39 Å². The molecule has 0 atom stereocenters. The number of rotatable bonds is 7. The summed E-state index contributed by atoms with van der Waals surface area (Å²) in [6, 6.07) is 7.86. The Kier molecular flexibility index (Phi) is 6.53. The zero-order chi connectivity index (χ0) is 28.2. The van der Waals surface area contributed by atoms with Gasteiger partial charge in [0.2, 0.25) is 5.43 Å². The third-order valence-electron chi connectivity index (χ3n) is 8.40. The van der Waals surface area contributed by atoms with Crippen LogP contribution in [0.4, 0.5) is 20.2 Å². The molecule has 8 nitrogen and oxygen atoms in total. The molecule has 3 fully saturated rings. The van der Waals surface area contributed by atoms with Crippen molar-refractivity contribution < 1.29 is 28.5 Å². The lowest BCUT2D eigenvalue weighted by atomic mass is 9.85. The SMILES string of the molecule is C=C1OCCN1c1ccc(CCC2(O)CCN(c3cc4c(cc3F)c(=O)c(C(=O)O)cn4C3CC3)CC2)c(F)c1. The van der Waals surface area contributed by atoms with E-state index in [0.29, 0.717) is 80.3 Å². The Morgan fingerprint density at radius 3 is 2.48 bits per heavy atom. The Morgan fingerprint density at radius 2 is 1.85 bits per heavy atom. The number of aromatic carboxylic acids is 1. The van der Waals surface area contributed by atoms with Gasteiger partial charge in [-0.3, -0.25) is 4.79 Å². The Bertz CT molecular complexity index is 1570. The summed E-state index contributed by atoms with van der Waals surface area (Å²) in [6.45, 7) is 5.74. The van der Waals surface area contributed by atoms with Crippen molar-refractivity contribution in [1.29, 1.82) is 0 Å². The van der Waals surface area contributed by atoms with Crippen molar-refractivity contribution in [3.63, 3.8) is 0 Å². The number of nitrogens with zero attached hydrogens (tertiary/aromatic N) is 3. The van der Waals surface area contributed by atoms with E-state index in [-0.39, 0.29) is 22.8 Å². The molecule has 0 bridgehead atoms. The molecule has 0 amide bonds. The molecule has 3 aromatic rings. The third-order valence-corrected chi connectivity index (χ3v) is 8.40. The fourth-order valence-corrected chi connectivity index (χ4v) is 5.83. The van der Waals surface area contributed by atoms with Crippen LogP contribution >= 0.6 is 0 Å². The maximum absolute atomic E-state index is 15.3. The van der Waals surface area contributed by atoms with Crippen molar-refractivity contribution in [2.75, 3.05) is 36.0 Å². The van der Waals surface area contributed by atoms with Gasteiger partial charge in [0.25, 0.3) is 0 Å². The molecule has 2 aliphatic heterocycles. The van der Waals surface area contributed by atoms with Crippen LogP contribution in [-0.4, -0.2) is 52.6 Å². The van der Waals surface area contributed by atoms with Crippen molar-refractivity contribution in [2.24, 2.45) is 0 Å². The van der Waals surface area contributed by atoms with Gasteiger partial charge in [0.15, 0.2) is 5.88 Å². The second-order valence-corrected chi connectivity index (χ2v) is 11.0. The van der Waals surface area contributed by atoms with Gasteiger partial charge in [-0.05, 0) is 74.9 Å².